The van der Waals surface area contributed by atoms with Gasteiger partial charge in [0.2, 0.25) is 5.76 Å². The maximum Gasteiger partial charge on any atom is 0.372 e. The lowest BCUT2D eigenvalue weighted by Crippen LogP contribution is -2.44. The van der Waals surface area contributed by atoms with Gasteiger partial charge < -0.3 is 24.1 Å². The monoisotopic (exact) mass is 346 g/mol. The first-order valence-corrected chi connectivity index (χ1v) is 8.85. The number of carboxylic acids is 1. The smallest absolute Gasteiger partial charge is 0.372 e. The Balaban J connectivity index is 2.16. The molecule has 0 atom stereocenters. The molecule has 0 bridgehead atoms. The molecule has 1 aromatic carbocycles. The third-order valence-corrected chi connectivity index (χ3v) is 4.90. The third-order valence-electron chi connectivity index (χ3n) is 4.90. The summed E-state index contributed by atoms with van der Waals surface area (Å²) in [6.45, 7) is 5.87. The van der Waals surface area contributed by atoms with E-state index in [-0.39, 0.29) is 5.76 Å². The number of likely N-dealkylation sites (N-methyl/N-ethyl adjacent to an activating group) is 1. The zero-order valence-electron chi connectivity index (χ0n) is 15.2. The molecule has 1 N–H and O–H groups in total. The Morgan fingerprint density at radius 3 is 2.60 bits per heavy atom. The van der Waals surface area contributed by atoms with Crippen molar-refractivity contribution >= 4 is 22.6 Å². The number of hydrogen-bond acceptors (Lipinski definition) is 5. The van der Waals surface area contributed by atoms with Gasteiger partial charge in [-0.3, -0.25) is 0 Å². The SMILES string of the molecule is CCCCc1c(C(=O)O)oc2cc(OC)cc(N3CCN(C)CC3)c12. The Morgan fingerprint density at radius 2 is 2.00 bits per heavy atom. The van der Waals surface area contributed by atoms with Crippen LogP contribution in [0.25, 0.3) is 11.0 Å². The highest BCUT2D eigenvalue weighted by Gasteiger charge is 2.26. The first kappa shape index (κ1) is 17.6. The molecule has 3 rings (SSSR count). The molecule has 1 aromatic heterocycles. The first-order valence-electron chi connectivity index (χ1n) is 8.85. The van der Waals surface area contributed by atoms with Gasteiger partial charge in [0.05, 0.1) is 12.8 Å². The minimum Gasteiger partial charge on any atom is -0.497 e. The molecule has 0 aliphatic carbocycles. The highest BCUT2D eigenvalue weighted by atomic mass is 16.5. The number of piperazine rings is 1. The summed E-state index contributed by atoms with van der Waals surface area (Å²) >= 11 is 0. The van der Waals surface area contributed by atoms with Crippen molar-refractivity contribution in [3.8, 4) is 5.75 Å². The van der Waals surface area contributed by atoms with Crippen molar-refractivity contribution in [3.05, 3.63) is 23.5 Å². The highest BCUT2D eigenvalue weighted by molar-refractivity contribution is 6.02. The maximum absolute atomic E-state index is 11.7. The Kier molecular flexibility index (Phi) is 5.18. The molecular formula is C19H26N2O4. The molecule has 0 spiro atoms. The van der Waals surface area contributed by atoms with Crippen LogP contribution in [0.2, 0.25) is 0 Å². The molecule has 25 heavy (non-hydrogen) atoms. The van der Waals surface area contributed by atoms with E-state index >= 15 is 0 Å². The Labute approximate surface area is 148 Å². The van der Waals surface area contributed by atoms with E-state index in [4.69, 9.17) is 9.15 Å². The van der Waals surface area contributed by atoms with Crippen molar-refractivity contribution in [1.82, 2.24) is 4.90 Å². The van der Waals surface area contributed by atoms with Gasteiger partial charge in [-0.25, -0.2) is 4.79 Å². The maximum atomic E-state index is 11.7. The van der Waals surface area contributed by atoms with Crippen molar-refractivity contribution in [2.75, 3.05) is 45.2 Å². The summed E-state index contributed by atoms with van der Waals surface area (Å²) in [5.74, 6) is -0.258. The number of aromatic carboxylic acids is 1. The largest absolute Gasteiger partial charge is 0.497 e. The molecule has 2 aromatic rings. The van der Waals surface area contributed by atoms with Crippen LogP contribution in [0.15, 0.2) is 16.5 Å². The van der Waals surface area contributed by atoms with Crippen LogP contribution in [-0.4, -0.2) is 56.3 Å². The molecule has 6 heteroatoms. The standard InChI is InChI=1S/C19H26N2O4/c1-4-5-6-14-17-15(21-9-7-20(2)8-10-21)11-13(24-3)12-16(17)25-18(14)19(22)23/h11-12H,4-10H2,1-3H3,(H,22,23). The van der Waals surface area contributed by atoms with Crippen molar-refractivity contribution in [2.45, 2.75) is 26.2 Å². The summed E-state index contributed by atoms with van der Waals surface area (Å²) in [5, 5.41) is 10.5. The second-order valence-corrected chi connectivity index (χ2v) is 6.63. The lowest BCUT2D eigenvalue weighted by Gasteiger charge is -2.34. The first-order chi connectivity index (χ1) is 12.0. The van der Waals surface area contributed by atoms with Crippen LogP contribution < -0.4 is 9.64 Å². The number of ether oxygens (including phenoxy) is 1. The number of unbranched alkanes of at least 4 members (excludes halogenated alkanes) is 1. The molecule has 0 unspecified atom stereocenters. The molecule has 0 radical (unpaired) electrons. The molecule has 1 fully saturated rings. The van der Waals surface area contributed by atoms with Gasteiger partial charge >= 0.3 is 5.97 Å². The lowest BCUT2D eigenvalue weighted by atomic mass is 10.0. The van der Waals surface area contributed by atoms with E-state index < -0.39 is 5.97 Å². The van der Waals surface area contributed by atoms with Crippen LogP contribution in [0, 0.1) is 0 Å². The number of methoxy groups -OCH3 is 1. The minimum absolute atomic E-state index is 0.0621. The van der Waals surface area contributed by atoms with Crippen molar-refractivity contribution in [3.63, 3.8) is 0 Å². The van der Waals surface area contributed by atoms with Gasteiger partial charge in [-0.1, -0.05) is 13.3 Å². The Bertz CT molecular complexity index is 760. The number of hydrogen-bond donors (Lipinski definition) is 1. The number of rotatable bonds is 6. The zero-order chi connectivity index (χ0) is 18.0. The van der Waals surface area contributed by atoms with Gasteiger partial charge in [-0.15, -0.1) is 0 Å². The molecule has 1 aliphatic heterocycles. The second kappa shape index (κ2) is 7.35. The predicted octanol–water partition coefficient (Wildman–Crippen LogP) is 3.23. The zero-order valence-corrected chi connectivity index (χ0v) is 15.2. The topological polar surface area (TPSA) is 66.2 Å². The number of carboxylic acid groups (broad SMARTS) is 1. The van der Waals surface area contributed by atoms with Crippen LogP contribution >= 0.6 is 0 Å². The summed E-state index contributed by atoms with van der Waals surface area (Å²) in [6, 6.07) is 3.79. The molecule has 2 heterocycles. The fourth-order valence-electron chi connectivity index (χ4n) is 3.42. The van der Waals surface area contributed by atoms with Gasteiger partial charge in [0.15, 0.2) is 0 Å². The van der Waals surface area contributed by atoms with Crippen LogP contribution in [0.4, 0.5) is 5.69 Å². The van der Waals surface area contributed by atoms with Gasteiger partial charge in [-0.2, -0.15) is 0 Å². The van der Waals surface area contributed by atoms with Crippen molar-refractivity contribution in [1.29, 1.82) is 0 Å². The van der Waals surface area contributed by atoms with E-state index in [0.717, 1.165) is 55.7 Å². The van der Waals surface area contributed by atoms with E-state index in [1.54, 1.807) is 13.2 Å². The minimum atomic E-state index is -1.01. The van der Waals surface area contributed by atoms with Crippen LogP contribution in [0.1, 0.15) is 35.9 Å². The van der Waals surface area contributed by atoms with E-state index in [9.17, 15) is 9.90 Å². The summed E-state index contributed by atoms with van der Waals surface area (Å²) < 4.78 is 11.2. The normalized spacial score (nSPS) is 15.7. The van der Waals surface area contributed by atoms with Gasteiger partial charge in [0, 0.05) is 49.3 Å². The predicted molar refractivity (Wildman–Crippen MR) is 98.0 cm³/mol. The fourth-order valence-corrected chi connectivity index (χ4v) is 3.42. The van der Waals surface area contributed by atoms with E-state index in [1.165, 1.54) is 0 Å². The number of aryl methyl sites for hydroxylation is 1. The highest BCUT2D eigenvalue weighted by Crippen LogP contribution is 2.39. The molecule has 0 saturated carbocycles. The molecule has 6 nitrogen and oxygen atoms in total. The quantitative estimate of drug-likeness (QED) is 0.866. The molecule has 0 amide bonds. The summed E-state index contributed by atoms with van der Waals surface area (Å²) in [5.41, 5.74) is 2.42. The fraction of sp³-hybridized carbons (Fsp3) is 0.526. The second-order valence-electron chi connectivity index (χ2n) is 6.63. The third kappa shape index (κ3) is 3.44. The van der Waals surface area contributed by atoms with Gasteiger partial charge in [0.25, 0.3) is 0 Å². The van der Waals surface area contributed by atoms with E-state index in [0.29, 0.717) is 17.8 Å². The Hall–Kier alpha value is -2.21. The van der Waals surface area contributed by atoms with E-state index in [2.05, 4.69) is 23.8 Å². The average molecular weight is 346 g/mol. The number of anilines is 1. The van der Waals surface area contributed by atoms with Gasteiger partial charge in [0.1, 0.15) is 11.3 Å². The number of carbonyl (C=O) groups is 1. The molecular weight excluding hydrogens is 320 g/mol. The summed E-state index contributed by atoms with van der Waals surface area (Å²) in [4.78, 5) is 16.3. The summed E-state index contributed by atoms with van der Waals surface area (Å²) in [6.07, 6.45) is 2.65. The number of benzene rings is 1. The van der Waals surface area contributed by atoms with Crippen molar-refractivity contribution in [2.24, 2.45) is 0 Å². The molecule has 136 valence electrons. The van der Waals surface area contributed by atoms with Crippen LogP contribution in [0.3, 0.4) is 0 Å². The van der Waals surface area contributed by atoms with Gasteiger partial charge in [-0.05, 0) is 19.9 Å². The molecule has 1 aliphatic rings. The number of furan rings is 1. The van der Waals surface area contributed by atoms with E-state index in [1.807, 2.05) is 6.07 Å². The average Bonchev–Trinajstić information content (AvgIpc) is 2.98. The summed E-state index contributed by atoms with van der Waals surface area (Å²) in [7, 11) is 3.74. The Morgan fingerprint density at radius 1 is 1.28 bits per heavy atom. The number of fused-ring (bicyclic) bond motifs is 1. The molecule has 1 saturated heterocycles. The van der Waals surface area contributed by atoms with Crippen LogP contribution in [0.5, 0.6) is 5.75 Å². The number of nitrogens with zero attached hydrogens (tertiary/aromatic N) is 2. The van der Waals surface area contributed by atoms with Crippen molar-refractivity contribution < 1.29 is 19.1 Å². The lowest BCUT2D eigenvalue weighted by molar-refractivity contribution is 0.0663. The van der Waals surface area contributed by atoms with Crippen LogP contribution in [-0.2, 0) is 6.42 Å².